The molecule has 0 spiro atoms. The lowest BCUT2D eigenvalue weighted by atomic mass is 10.0. The van der Waals surface area contributed by atoms with Crippen LogP contribution in [-0.2, 0) is 4.74 Å². The van der Waals surface area contributed by atoms with Crippen LogP contribution in [0.4, 0.5) is 15.9 Å². The number of anilines is 2. The smallest absolute Gasteiger partial charge is 0.126 e. The number of aromatic nitrogens is 1. The van der Waals surface area contributed by atoms with Gasteiger partial charge in [0.25, 0.3) is 0 Å². The number of pyridine rings is 1. The van der Waals surface area contributed by atoms with Crippen molar-refractivity contribution in [1.29, 1.82) is 0 Å². The van der Waals surface area contributed by atoms with Gasteiger partial charge < -0.3 is 15.0 Å². The second-order valence-electron chi connectivity index (χ2n) is 7.24. The Morgan fingerprint density at radius 1 is 1.12 bits per heavy atom. The Balaban J connectivity index is 1.42. The van der Waals surface area contributed by atoms with Crippen molar-refractivity contribution >= 4 is 11.5 Å². The quantitative estimate of drug-likeness (QED) is 0.873. The summed E-state index contributed by atoms with van der Waals surface area (Å²) in [4.78, 5) is 6.74. The zero-order valence-corrected chi connectivity index (χ0v) is 15.0. The van der Waals surface area contributed by atoms with E-state index in [1.54, 1.807) is 12.1 Å². The molecule has 4 nitrogen and oxygen atoms in total. The summed E-state index contributed by atoms with van der Waals surface area (Å²) in [7, 11) is 0. The van der Waals surface area contributed by atoms with Crippen molar-refractivity contribution in [3.63, 3.8) is 0 Å². The molecule has 2 aliphatic heterocycles. The van der Waals surface area contributed by atoms with Gasteiger partial charge in [-0.3, -0.25) is 0 Å². The predicted molar refractivity (Wildman–Crippen MR) is 102 cm³/mol. The molecule has 5 heteroatoms. The fourth-order valence-corrected chi connectivity index (χ4v) is 3.94. The van der Waals surface area contributed by atoms with Gasteiger partial charge in [-0.2, -0.15) is 0 Å². The molecule has 0 amide bonds. The number of hydrogen-bond donors (Lipinski definition) is 1. The molecule has 3 heterocycles. The van der Waals surface area contributed by atoms with E-state index in [4.69, 9.17) is 4.74 Å². The predicted octanol–water partition coefficient (Wildman–Crippen LogP) is 4.54. The topological polar surface area (TPSA) is 37.4 Å². The first-order valence-corrected chi connectivity index (χ1v) is 9.62. The molecule has 1 aromatic heterocycles. The van der Waals surface area contributed by atoms with Crippen LogP contribution in [-0.4, -0.2) is 30.7 Å². The van der Waals surface area contributed by atoms with Crippen LogP contribution in [0.1, 0.15) is 43.8 Å². The lowest BCUT2D eigenvalue weighted by Crippen LogP contribution is -2.42. The first-order chi connectivity index (χ1) is 12.8. The van der Waals surface area contributed by atoms with Gasteiger partial charge in [-0.1, -0.05) is 6.07 Å². The van der Waals surface area contributed by atoms with Gasteiger partial charge in [-0.15, -0.1) is 0 Å². The summed E-state index contributed by atoms with van der Waals surface area (Å²) in [6, 6.07) is 11.3. The van der Waals surface area contributed by atoms with E-state index in [-0.39, 0.29) is 11.9 Å². The van der Waals surface area contributed by atoms with Gasteiger partial charge in [0.05, 0.1) is 6.10 Å². The highest BCUT2D eigenvalue weighted by molar-refractivity contribution is 5.48. The third-order valence-electron chi connectivity index (χ3n) is 5.28. The van der Waals surface area contributed by atoms with Crippen LogP contribution in [0.15, 0.2) is 42.6 Å². The number of rotatable bonds is 4. The van der Waals surface area contributed by atoms with Crippen molar-refractivity contribution in [2.45, 2.75) is 44.2 Å². The van der Waals surface area contributed by atoms with Gasteiger partial charge in [0.2, 0.25) is 0 Å². The van der Waals surface area contributed by atoms with E-state index in [1.807, 2.05) is 12.3 Å². The van der Waals surface area contributed by atoms with Crippen molar-refractivity contribution in [1.82, 2.24) is 4.98 Å². The number of nitrogens with zero attached hydrogens (tertiary/aromatic N) is 2. The minimum atomic E-state index is -0.181. The molecule has 2 aromatic rings. The number of piperidine rings is 1. The molecule has 0 saturated carbocycles. The molecular weight excluding hydrogens is 329 g/mol. The molecule has 2 fully saturated rings. The number of benzene rings is 1. The van der Waals surface area contributed by atoms with Crippen molar-refractivity contribution in [3.05, 3.63) is 54.0 Å². The summed E-state index contributed by atoms with van der Waals surface area (Å²) in [5, 5.41) is 3.57. The maximum Gasteiger partial charge on any atom is 0.126 e. The Kier molecular flexibility index (Phi) is 5.34. The Labute approximate surface area is 154 Å². The number of hydrogen-bond acceptors (Lipinski definition) is 4. The average Bonchev–Trinajstić information content (AvgIpc) is 2.69. The molecular formula is C21H26FN3O. The van der Waals surface area contributed by atoms with E-state index >= 15 is 0 Å². The van der Waals surface area contributed by atoms with Gasteiger partial charge in [-0.05, 0) is 68.0 Å². The molecule has 0 unspecified atom stereocenters. The summed E-state index contributed by atoms with van der Waals surface area (Å²) in [5.74, 6) is 0.724. The van der Waals surface area contributed by atoms with E-state index in [0.717, 1.165) is 56.9 Å². The zero-order chi connectivity index (χ0) is 17.8. The molecule has 2 atom stereocenters. The van der Waals surface area contributed by atoms with Crippen LogP contribution in [0, 0.1) is 5.82 Å². The number of nitrogens with one attached hydrogen (secondary N) is 1. The largest absolute Gasteiger partial charge is 0.374 e. The van der Waals surface area contributed by atoms with Crippen molar-refractivity contribution in [2.75, 3.05) is 29.9 Å². The highest BCUT2D eigenvalue weighted by Crippen LogP contribution is 2.29. The van der Waals surface area contributed by atoms with Crippen molar-refractivity contribution < 1.29 is 9.13 Å². The Morgan fingerprint density at radius 3 is 2.92 bits per heavy atom. The molecule has 4 rings (SSSR count). The van der Waals surface area contributed by atoms with Gasteiger partial charge in [0.15, 0.2) is 0 Å². The van der Waals surface area contributed by atoms with Gasteiger partial charge in [0, 0.05) is 37.6 Å². The molecule has 1 aromatic carbocycles. The van der Waals surface area contributed by atoms with Crippen molar-refractivity contribution in [3.8, 4) is 0 Å². The highest BCUT2D eigenvalue weighted by atomic mass is 19.1. The second-order valence-corrected chi connectivity index (χ2v) is 7.24. The van der Waals surface area contributed by atoms with Gasteiger partial charge >= 0.3 is 0 Å². The Bertz CT molecular complexity index is 733. The summed E-state index contributed by atoms with van der Waals surface area (Å²) in [6.07, 6.45) is 7.70. The second kappa shape index (κ2) is 8.04. The van der Waals surface area contributed by atoms with E-state index in [0.29, 0.717) is 6.04 Å². The highest BCUT2D eigenvalue weighted by Gasteiger charge is 2.22. The minimum Gasteiger partial charge on any atom is -0.374 e. The summed E-state index contributed by atoms with van der Waals surface area (Å²) < 4.78 is 19.4. The van der Waals surface area contributed by atoms with Crippen LogP contribution < -0.4 is 10.2 Å². The summed E-state index contributed by atoms with van der Waals surface area (Å²) >= 11 is 0. The SMILES string of the molecule is Fc1cccc(N2CCC[C@@H](Nc3cc([C@H]4CCCCO4)ccn3)C2)c1. The van der Waals surface area contributed by atoms with E-state index < -0.39 is 0 Å². The molecule has 1 N–H and O–H groups in total. The zero-order valence-electron chi connectivity index (χ0n) is 15.0. The van der Waals surface area contributed by atoms with Crippen LogP contribution in [0.5, 0.6) is 0 Å². The molecule has 2 aliphatic rings. The fourth-order valence-electron chi connectivity index (χ4n) is 3.94. The summed E-state index contributed by atoms with van der Waals surface area (Å²) in [6.45, 7) is 2.67. The third-order valence-corrected chi connectivity index (χ3v) is 5.28. The monoisotopic (exact) mass is 355 g/mol. The first-order valence-electron chi connectivity index (χ1n) is 9.62. The Hall–Kier alpha value is -2.14. The lowest BCUT2D eigenvalue weighted by Gasteiger charge is -2.35. The van der Waals surface area contributed by atoms with Crippen LogP contribution in [0.2, 0.25) is 0 Å². The van der Waals surface area contributed by atoms with E-state index in [1.165, 1.54) is 18.1 Å². The third kappa shape index (κ3) is 4.15. The first kappa shape index (κ1) is 17.3. The molecule has 0 bridgehead atoms. The standard InChI is InChI=1S/C21H26FN3O/c22-17-5-3-7-19(14-17)25-11-4-6-18(15-25)24-21-13-16(9-10-23-21)20-8-1-2-12-26-20/h3,5,7,9-10,13-14,18,20H,1-2,4,6,8,11-12,15H2,(H,23,24)/t18-,20-/m1/s1. The number of ether oxygens (including phenoxy) is 1. The van der Waals surface area contributed by atoms with E-state index in [2.05, 4.69) is 27.3 Å². The van der Waals surface area contributed by atoms with Gasteiger partial charge in [-0.25, -0.2) is 9.37 Å². The Morgan fingerprint density at radius 2 is 2.08 bits per heavy atom. The fraction of sp³-hybridized carbons (Fsp3) is 0.476. The maximum absolute atomic E-state index is 13.5. The minimum absolute atomic E-state index is 0.181. The summed E-state index contributed by atoms with van der Waals surface area (Å²) in [5.41, 5.74) is 2.16. The average molecular weight is 355 g/mol. The maximum atomic E-state index is 13.5. The molecule has 2 saturated heterocycles. The van der Waals surface area contributed by atoms with E-state index in [9.17, 15) is 4.39 Å². The van der Waals surface area contributed by atoms with Crippen LogP contribution in [0.25, 0.3) is 0 Å². The van der Waals surface area contributed by atoms with Crippen LogP contribution >= 0.6 is 0 Å². The van der Waals surface area contributed by atoms with Crippen molar-refractivity contribution in [2.24, 2.45) is 0 Å². The molecule has 26 heavy (non-hydrogen) atoms. The molecule has 138 valence electrons. The van der Waals surface area contributed by atoms with Crippen LogP contribution in [0.3, 0.4) is 0 Å². The molecule has 0 aliphatic carbocycles. The normalized spacial score (nSPS) is 23.7. The lowest BCUT2D eigenvalue weighted by molar-refractivity contribution is 0.0149. The number of halogens is 1. The van der Waals surface area contributed by atoms with Gasteiger partial charge in [0.1, 0.15) is 11.6 Å². The molecule has 0 radical (unpaired) electrons.